The first-order valence-electron chi connectivity index (χ1n) is 4.07. The Morgan fingerprint density at radius 1 is 1.58 bits per heavy atom. The standard InChI is InChI=1S/C8H16INO2/c1-6(2)7(10)8(11)12-5-3-4-9/h6-7H,3-5,10H2,1-2H3/t7-/m1/s1. The summed E-state index contributed by atoms with van der Waals surface area (Å²) in [5, 5.41) is 0. The van der Waals surface area contributed by atoms with E-state index in [1.54, 1.807) is 0 Å². The largest absolute Gasteiger partial charge is 0.464 e. The van der Waals surface area contributed by atoms with Gasteiger partial charge in [-0.1, -0.05) is 36.4 Å². The van der Waals surface area contributed by atoms with Gasteiger partial charge in [0.05, 0.1) is 6.61 Å². The van der Waals surface area contributed by atoms with Gasteiger partial charge in [0.25, 0.3) is 0 Å². The third-order valence-electron chi connectivity index (χ3n) is 1.51. The lowest BCUT2D eigenvalue weighted by Gasteiger charge is -2.13. The molecule has 0 radical (unpaired) electrons. The Kier molecular flexibility index (Phi) is 6.74. The van der Waals surface area contributed by atoms with Crippen LogP contribution in [0.5, 0.6) is 0 Å². The second kappa shape index (κ2) is 6.65. The lowest BCUT2D eigenvalue weighted by molar-refractivity contribution is -0.146. The molecule has 0 saturated carbocycles. The predicted molar refractivity (Wildman–Crippen MR) is 57.3 cm³/mol. The molecule has 12 heavy (non-hydrogen) atoms. The first-order chi connectivity index (χ1) is 5.59. The van der Waals surface area contributed by atoms with E-state index in [1.165, 1.54) is 0 Å². The number of ether oxygens (including phenoxy) is 1. The molecule has 4 heteroatoms. The predicted octanol–water partition coefficient (Wildman–Crippen LogP) is 1.34. The zero-order chi connectivity index (χ0) is 9.56. The van der Waals surface area contributed by atoms with Gasteiger partial charge in [0.15, 0.2) is 0 Å². The number of rotatable bonds is 5. The minimum atomic E-state index is -0.473. The fourth-order valence-corrected chi connectivity index (χ4v) is 0.907. The molecule has 3 nitrogen and oxygen atoms in total. The van der Waals surface area contributed by atoms with Crippen LogP contribution < -0.4 is 5.73 Å². The normalized spacial score (nSPS) is 13.1. The highest BCUT2D eigenvalue weighted by molar-refractivity contribution is 14.1. The van der Waals surface area contributed by atoms with Crippen molar-refractivity contribution < 1.29 is 9.53 Å². The van der Waals surface area contributed by atoms with E-state index in [0.29, 0.717) is 6.61 Å². The number of esters is 1. The smallest absolute Gasteiger partial charge is 0.323 e. The van der Waals surface area contributed by atoms with Gasteiger partial charge in [0.2, 0.25) is 0 Å². The first-order valence-corrected chi connectivity index (χ1v) is 5.60. The van der Waals surface area contributed by atoms with Crippen LogP contribution in [0.2, 0.25) is 0 Å². The Bertz CT molecular complexity index is 139. The van der Waals surface area contributed by atoms with Gasteiger partial charge in [-0.3, -0.25) is 4.79 Å². The number of carbonyl (C=O) groups is 1. The molecule has 0 saturated heterocycles. The molecular weight excluding hydrogens is 269 g/mol. The number of hydrogen-bond donors (Lipinski definition) is 1. The summed E-state index contributed by atoms with van der Waals surface area (Å²) >= 11 is 2.24. The van der Waals surface area contributed by atoms with Gasteiger partial charge in [-0.25, -0.2) is 0 Å². The van der Waals surface area contributed by atoms with Crippen molar-refractivity contribution in [3.63, 3.8) is 0 Å². The molecule has 0 amide bonds. The Hall–Kier alpha value is 0.160. The Morgan fingerprint density at radius 2 is 2.17 bits per heavy atom. The van der Waals surface area contributed by atoms with E-state index in [-0.39, 0.29) is 11.9 Å². The second-order valence-electron chi connectivity index (χ2n) is 2.98. The van der Waals surface area contributed by atoms with E-state index in [2.05, 4.69) is 22.6 Å². The van der Waals surface area contributed by atoms with Crippen LogP contribution in [0, 0.1) is 5.92 Å². The third kappa shape index (κ3) is 4.92. The summed E-state index contributed by atoms with van der Waals surface area (Å²) < 4.78 is 5.94. The molecule has 1 atom stereocenters. The maximum atomic E-state index is 11.1. The molecule has 0 heterocycles. The molecule has 0 aliphatic rings. The number of carbonyl (C=O) groups excluding carboxylic acids is 1. The van der Waals surface area contributed by atoms with Crippen molar-refractivity contribution in [3.05, 3.63) is 0 Å². The van der Waals surface area contributed by atoms with Crippen molar-refractivity contribution in [1.29, 1.82) is 0 Å². The lowest BCUT2D eigenvalue weighted by Crippen LogP contribution is -2.37. The summed E-state index contributed by atoms with van der Waals surface area (Å²) in [7, 11) is 0. The van der Waals surface area contributed by atoms with Gasteiger partial charge >= 0.3 is 5.97 Å². The van der Waals surface area contributed by atoms with Crippen LogP contribution in [-0.2, 0) is 9.53 Å². The van der Waals surface area contributed by atoms with Crippen LogP contribution in [0.15, 0.2) is 0 Å². The van der Waals surface area contributed by atoms with Gasteiger partial charge in [-0.05, 0) is 12.3 Å². The molecular formula is C8H16INO2. The highest BCUT2D eigenvalue weighted by atomic mass is 127. The van der Waals surface area contributed by atoms with Crippen LogP contribution in [0.4, 0.5) is 0 Å². The SMILES string of the molecule is CC(C)[C@@H](N)C(=O)OCCCI. The van der Waals surface area contributed by atoms with Gasteiger partial charge in [-0.15, -0.1) is 0 Å². The zero-order valence-electron chi connectivity index (χ0n) is 7.55. The quantitative estimate of drug-likeness (QED) is 0.359. The first kappa shape index (κ1) is 12.2. The summed E-state index contributed by atoms with van der Waals surface area (Å²) in [6.45, 7) is 4.30. The molecule has 0 aliphatic carbocycles. The molecule has 0 aromatic heterocycles. The molecule has 0 aromatic rings. The van der Waals surface area contributed by atoms with E-state index >= 15 is 0 Å². The van der Waals surface area contributed by atoms with Gasteiger partial charge in [-0.2, -0.15) is 0 Å². The molecule has 0 spiro atoms. The van der Waals surface area contributed by atoms with Crippen LogP contribution in [0.3, 0.4) is 0 Å². The lowest BCUT2D eigenvalue weighted by atomic mass is 10.1. The second-order valence-corrected chi connectivity index (χ2v) is 4.06. The van der Waals surface area contributed by atoms with E-state index in [1.807, 2.05) is 13.8 Å². The van der Waals surface area contributed by atoms with Crippen LogP contribution in [0.25, 0.3) is 0 Å². The van der Waals surface area contributed by atoms with Crippen molar-refractivity contribution in [2.75, 3.05) is 11.0 Å². The zero-order valence-corrected chi connectivity index (χ0v) is 9.71. The molecule has 0 rings (SSSR count). The van der Waals surface area contributed by atoms with Crippen molar-refractivity contribution in [3.8, 4) is 0 Å². The van der Waals surface area contributed by atoms with Gasteiger partial charge in [0, 0.05) is 4.43 Å². The van der Waals surface area contributed by atoms with Gasteiger partial charge < -0.3 is 10.5 Å². The summed E-state index contributed by atoms with van der Waals surface area (Å²) in [4.78, 5) is 11.1. The Labute approximate surface area is 87.2 Å². The molecule has 0 fully saturated rings. The Balaban J connectivity index is 3.57. The highest BCUT2D eigenvalue weighted by Crippen LogP contribution is 2.01. The molecule has 0 unspecified atom stereocenters. The molecule has 72 valence electrons. The minimum absolute atomic E-state index is 0.150. The van der Waals surface area contributed by atoms with Crippen LogP contribution in [-0.4, -0.2) is 23.0 Å². The van der Waals surface area contributed by atoms with Gasteiger partial charge in [0.1, 0.15) is 6.04 Å². The van der Waals surface area contributed by atoms with Crippen LogP contribution >= 0.6 is 22.6 Å². The minimum Gasteiger partial charge on any atom is -0.464 e. The molecule has 0 aliphatic heterocycles. The molecule has 0 bridgehead atoms. The average molecular weight is 285 g/mol. The van der Waals surface area contributed by atoms with E-state index in [0.717, 1.165) is 10.8 Å². The monoisotopic (exact) mass is 285 g/mol. The summed E-state index contributed by atoms with van der Waals surface area (Å²) in [5.41, 5.74) is 5.57. The number of alkyl halides is 1. The van der Waals surface area contributed by atoms with Crippen molar-refractivity contribution in [1.82, 2.24) is 0 Å². The Morgan fingerprint density at radius 3 is 2.58 bits per heavy atom. The molecule has 2 N–H and O–H groups in total. The topological polar surface area (TPSA) is 52.3 Å². The average Bonchev–Trinajstić information content (AvgIpc) is 2.03. The maximum Gasteiger partial charge on any atom is 0.323 e. The van der Waals surface area contributed by atoms with Crippen molar-refractivity contribution in [2.45, 2.75) is 26.3 Å². The number of hydrogen-bond acceptors (Lipinski definition) is 3. The van der Waals surface area contributed by atoms with E-state index < -0.39 is 6.04 Å². The summed E-state index contributed by atoms with van der Waals surface area (Å²) in [6, 6.07) is -0.473. The van der Waals surface area contributed by atoms with E-state index in [9.17, 15) is 4.79 Å². The fraction of sp³-hybridized carbons (Fsp3) is 0.875. The fourth-order valence-electron chi connectivity index (χ4n) is 0.596. The van der Waals surface area contributed by atoms with Crippen LogP contribution in [0.1, 0.15) is 20.3 Å². The van der Waals surface area contributed by atoms with Crippen molar-refractivity contribution in [2.24, 2.45) is 11.7 Å². The maximum absolute atomic E-state index is 11.1. The highest BCUT2D eigenvalue weighted by Gasteiger charge is 2.17. The van der Waals surface area contributed by atoms with Crippen molar-refractivity contribution >= 4 is 28.6 Å². The molecule has 0 aromatic carbocycles. The van der Waals surface area contributed by atoms with E-state index in [4.69, 9.17) is 10.5 Å². The third-order valence-corrected chi connectivity index (χ3v) is 2.28. The number of nitrogens with two attached hydrogens (primary N) is 1. The summed E-state index contributed by atoms with van der Waals surface area (Å²) in [6.07, 6.45) is 0.900. The number of halogens is 1. The summed E-state index contributed by atoms with van der Waals surface area (Å²) in [5.74, 6) is -0.132.